The number of fused-ring (bicyclic) bond motifs is 6. The second-order valence-corrected chi connectivity index (χ2v) is 8.54. The van der Waals surface area contributed by atoms with Gasteiger partial charge in [0.1, 0.15) is 17.2 Å². The first kappa shape index (κ1) is 23.3. The van der Waals surface area contributed by atoms with E-state index in [1.165, 1.54) is 18.2 Å². The van der Waals surface area contributed by atoms with E-state index in [1.54, 1.807) is 6.07 Å². The van der Waals surface area contributed by atoms with Gasteiger partial charge in [-0.2, -0.15) is 0 Å². The maximum Gasteiger partial charge on any atom is 0.327 e. The van der Waals surface area contributed by atoms with Crippen molar-refractivity contribution in [3.05, 3.63) is 121 Å². The van der Waals surface area contributed by atoms with Crippen molar-refractivity contribution in [1.29, 1.82) is 0 Å². The summed E-state index contributed by atoms with van der Waals surface area (Å²) in [6.45, 7) is 0. The van der Waals surface area contributed by atoms with Crippen LogP contribution in [0.3, 0.4) is 0 Å². The average Bonchev–Trinajstić information content (AvgIpc) is 3.13. The number of H-pyrrole nitrogens is 4. The van der Waals surface area contributed by atoms with Crippen LogP contribution < -0.4 is 32.7 Å². The molecular formula is C22H12N8O9. The molecule has 1 spiro atoms. The van der Waals surface area contributed by atoms with Gasteiger partial charge in [0.05, 0.1) is 27.2 Å². The number of aromatic nitrogens is 4. The number of nitro benzene ring substituents is 2. The second-order valence-electron chi connectivity index (χ2n) is 8.54. The Bertz CT molecular complexity index is 2040. The summed E-state index contributed by atoms with van der Waals surface area (Å²) >= 11 is 0. The molecule has 0 bridgehead atoms. The smallest absolute Gasteiger partial charge is 0.327 e. The van der Waals surface area contributed by atoms with Crippen molar-refractivity contribution in [2.24, 2.45) is 0 Å². The molecule has 2 aliphatic rings. The van der Waals surface area contributed by atoms with E-state index in [2.05, 4.69) is 15.3 Å². The number of anilines is 4. The van der Waals surface area contributed by atoms with Crippen LogP contribution in [0.25, 0.3) is 0 Å². The van der Waals surface area contributed by atoms with Crippen LogP contribution >= 0.6 is 0 Å². The minimum absolute atomic E-state index is 0.0783. The predicted molar refractivity (Wildman–Crippen MR) is 132 cm³/mol. The van der Waals surface area contributed by atoms with Crippen LogP contribution in [-0.2, 0) is 10.2 Å². The van der Waals surface area contributed by atoms with Gasteiger partial charge in [-0.1, -0.05) is 18.2 Å². The molecule has 6 rings (SSSR count). The number of carbonyl (C=O) groups excluding carboxylic acids is 1. The summed E-state index contributed by atoms with van der Waals surface area (Å²) in [5.74, 6) is -1.58. The van der Waals surface area contributed by atoms with E-state index in [-0.39, 0.29) is 22.6 Å². The van der Waals surface area contributed by atoms with Gasteiger partial charge >= 0.3 is 11.4 Å². The Morgan fingerprint density at radius 3 is 2.21 bits per heavy atom. The number of rotatable bonds is 3. The molecule has 0 saturated carbocycles. The number of hydrogen-bond donors (Lipinski definition) is 5. The zero-order chi connectivity index (χ0) is 27.8. The Kier molecular flexibility index (Phi) is 4.59. The van der Waals surface area contributed by atoms with Crippen molar-refractivity contribution in [3.63, 3.8) is 0 Å². The molecule has 2 aliphatic heterocycles. The maximum atomic E-state index is 14.6. The number of para-hydroxylation sites is 1. The van der Waals surface area contributed by atoms with E-state index in [9.17, 15) is 44.2 Å². The van der Waals surface area contributed by atoms with Gasteiger partial charge in [0.25, 0.3) is 28.4 Å². The van der Waals surface area contributed by atoms with Gasteiger partial charge in [0.15, 0.2) is 5.41 Å². The zero-order valence-electron chi connectivity index (χ0n) is 19.1. The van der Waals surface area contributed by atoms with Crippen molar-refractivity contribution >= 4 is 40.2 Å². The van der Waals surface area contributed by atoms with Crippen LogP contribution in [0.4, 0.5) is 34.3 Å². The first-order chi connectivity index (χ1) is 18.5. The Labute approximate surface area is 212 Å². The van der Waals surface area contributed by atoms with Gasteiger partial charge < -0.3 is 10.3 Å². The lowest BCUT2D eigenvalue weighted by atomic mass is 9.70. The Morgan fingerprint density at radius 2 is 1.49 bits per heavy atom. The van der Waals surface area contributed by atoms with Crippen molar-refractivity contribution in [1.82, 2.24) is 19.9 Å². The van der Waals surface area contributed by atoms with Gasteiger partial charge in [-0.25, -0.2) is 9.59 Å². The van der Waals surface area contributed by atoms with E-state index in [0.29, 0.717) is 11.0 Å². The third-order valence-electron chi connectivity index (χ3n) is 6.56. The largest absolute Gasteiger partial charge is 0.349 e. The molecule has 0 radical (unpaired) electrons. The number of hydrogen-bond acceptors (Lipinski definition) is 10. The SMILES string of the molecule is O=C1N(c2ccc([N+](=O)[O-])cc2[N+](=O)[O-])c2[nH]c(=O)[nH]c(=O)c2C12c1ccccc1Nc1c2[nH]c(=O)[nH]c1=O. The molecule has 2 aromatic heterocycles. The molecule has 2 aromatic carbocycles. The van der Waals surface area contributed by atoms with E-state index >= 15 is 0 Å². The van der Waals surface area contributed by atoms with Crippen LogP contribution in [0, 0.1) is 20.2 Å². The quantitative estimate of drug-likeness (QED) is 0.178. The van der Waals surface area contributed by atoms with Crippen LogP contribution in [-0.4, -0.2) is 35.7 Å². The van der Waals surface area contributed by atoms with Gasteiger partial charge in [-0.15, -0.1) is 0 Å². The predicted octanol–water partition coefficient (Wildman–Crippen LogP) is 0.326. The molecular weight excluding hydrogens is 520 g/mol. The molecule has 0 aliphatic carbocycles. The summed E-state index contributed by atoms with van der Waals surface area (Å²) in [6, 6.07) is 8.46. The lowest BCUT2D eigenvalue weighted by Gasteiger charge is -2.35. The van der Waals surface area contributed by atoms with Gasteiger partial charge in [0, 0.05) is 17.3 Å². The third kappa shape index (κ3) is 2.97. The molecule has 1 unspecified atom stereocenters. The molecule has 1 atom stereocenters. The van der Waals surface area contributed by atoms with Gasteiger partial charge in [-0.05, 0) is 12.1 Å². The van der Waals surface area contributed by atoms with E-state index in [4.69, 9.17) is 0 Å². The fourth-order valence-corrected chi connectivity index (χ4v) is 5.11. The Morgan fingerprint density at radius 1 is 0.795 bits per heavy atom. The summed E-state index contributed by atoms with van der Waals surface area (Å²) in [4.78, 5) is 96.4. The number of non-ortho nitro benzene ring substituents is 1. The average molecular weight is 532 g/mol. The molecule has 1 amide bonds. The number of nitrogens with one attached hydrogen (secondary N) is 5. The van der Waals surface area contributed by atoms with E-state index in [1.807, 2.05) is 9.97 Å². The Hall–Kier alpha value is -6.13. The summed E-state index contributed by atoms with van der Waals surface area (Å²) in [5.41, 5.74) is -9.27. The second kappa shape index (κ2) is 7.68. The van der Waals surface area contributed by atoms with E-state index < -0.39 is 72.1 Å². The highest BCUT2D eigenvalue weighted by Crippen LogP contribution is 2.55. The topological polar surface area (TPSA) is 250 Å². The lowest BCUT2D eigenvalue weighted by Crippen LogP contribution is -2.48. The van der Waals surface area contributed by atoms with Gasteiger partial charge in [-0.3, -0.25) is 54.5 Å². The van der Waals surface area contributed by atoms with Crippen molar-refractivity contribution < 1.29 is 14.6 Å². The Balaban J connectivity index is 1.80. The molecule has 0 saturated heterocycles. The fraction of sp³-hybridized carbons (Fsp3) is 0.0455. The first-order valence-electron chi connectivity index (χ1n) is 10.9. The van der Waals surface area contributed by atoms with E-state index in [0.717, 1.165) is 12.1 Å². The normalized spacial score (nSPS) is 16.8. The monoisotopic (exact) mass is 532 g/mol. The molecule has 39 heavy (non-hydrogen) atoms. The number of aromatic amines is 4. The van der Waals surface area contributed by atoms with Crippen molar-refractivity contribution in [2.75, 3.05) is 10.2 Å². The maximum absolute atomic E-state index is 14.6. The highest BCUT2D eigenvalue weighted by Gasteiger charge is 2.61. The van der Waals surface area contributed by atoms with Crippen LogP contribution in [0.1, 0.15) is 16.8 Å². The standard InChI is InChI=1S/C22H12N8O9/c31-17-13-16(25-21(35)26-17)28(11-6-5-8(29(36)37)7-12(11)30(38)39)19(33)22(13)9-3-1-2-4-10(9)23-14-15(22)24-20(34)27-18(14)32/h1-7,23H,(H2,24,27,32,34)(H2,25,26,31,35). The van der Waals surface area contributed by atoms with Crippen molar-refractivity contribution in [3.8, 4) is 0 Å². The molecule has 17 nitrogen and oxygen atoms in total. The number of benzene rings is 2. The molecule has 17 heteroatoms. The zero-order valence-corrected chi connectivity index (χ0v) is 19.1. The number of amides is 1. The number of carbonyl (C=O) groups is 1. The lowest BCUT2D eigenvalue weighted by molar-refractivity contribution is -0.393. The number of nitro groups is 2. The third-order valence-corrected chi connectivity index (χ3v) is 6.56. The molecule has 4 heterocycles. The summed E-state index contributed by atoms with van der Waals surface area (Å²) in [5, 5.41) is 26.1. The van der Waals surface area contributed by atoms with Crippen LogP contribution in [0.15, 0.2) is 61.6 Å². The first-order valence-corrected chi connectivity index (χ1v) is 10.9. The fourth-order valence-electron chi connectivity index (χ4n) is 5.11. The highest BCUT2D eigenvalue weighted by atomic mass is 16.6. The summed E-state index contributed by atoms with van der Waals surface area (Å²) < 4.78 is 0. The molecule has 4 aromatic rings. The number of nitrogens with zero attached hydrogens (tertiary/aromatic N) is 3. The molecule has 0 fully saturated rings. The van der Waals surface area contributed by atoms with Crippen molar-refractivity contribution in [2.45, 2.75) is 5.41 Å². The molecule has 5 N–H and O–H groups in total. The van der Waals surface area contributed by atoms with Gasteiger partial charge in [0.2, 0.25) is 0 Å². The summed E-state index contributed by atoms with van der Waals surface area (Å²) in [6.07, 6.45) is 0. The minimum atomic E-state index is -2.28. The molecule has 194 valence electrons. The van der Waals surface area contributed by atoms with Crippen LogP contribution in [0.5, 0.6) is 0 Å². The minimum Gasteiger partial charge on any atom is -0.349 e. The summed E-state index contributed by atoms with van der Waals surface area (Å²) in [7, 11) is 0. The van der Waals surface area contributed by atoms with Crippen LogP contribution in [0.2, 0.25) is 0 Å². The highest BCUT2D eigenvalue weighted by molar-refractivity contribution is 6.18.